The van der Waals surface area contributed by atoms with Crippen LogP contribution in [0.1, 0.15) is 29.7 Å². The average molecular weight is 280 g/mol. The fraction of sp³-hybridized carbons (Fsp3) is 0.167. The average Bonchev–Trinajstić information content (AvgIpc) is 2.86. The molecule has 1 aliphatic carbocycles. The Bertz CT molecular complexity index is 729. The smallest absolute Gasteiger partial charge is 0.335 e. The molecule has 0 saturated carbocycles. The molecule has 0 aromatic heterocycles. The monoisotopic (exact) mass is 280 g/mol. The predicted octanol–water partition coefficient (Wildman–Crippen LogP) is 3.40. The maximum absolute atomic E-state index is 11.6. The van der Waals surface area contributed by atoms with Crippen molar-refractivity contribution in [2.75, 3.05) is 0 Å². The van der Waals surface area contributed by atoms with E-state index in [0.29, 0.717) is 17.7 Å². The second-order valence-electron chi connectivity index (χ2n) is 5.15. The van der Waals surface area contributed by atoms with Gasteiger partial charge in [0, 0.05) is 23.6 Å². The van der Waals surface area contributed by atoms with Crippen LogP contribution in [0.3, 0.4) is 0 Å². The van der Waals surface area contributed by atoms with E-state index in [1.54, 1.807) is 6.92 Å². The van der Waals surface area contributed by atoms with E-state index in [1.165, 1.54) is 5.56 Å². The Hall–Kier alpha value is -2.39. The van der Waals surface area contributed by atoms with Crippen molar-refractivity contribution in [1.29, 1.82) is 0 Å². The predicted molar refractivity (Wildman–Crippen MR) is 81.1 cm³/mol. The highest BCUT2D eigenvalue weighted by Crippen LogP contribution is 2.44. The minimum absolute atomic E-state index is 0.462. The molecule has 3 nitrogen and oxygen atoms in total. The molecule has 2 aromatic rings. The fourth-order valence-electron chi connectivity index (χ4n) is 2.79. The number of aliphatic hydroxyl groups excluding tert-OH is 1. The summed E-state index contributed by atoms with van der Waals surface area (Å²) in [6.07, 6.45) is 1.13. The van der Waals surface area contributed by atoms with Gasteiger partial charge in [0.15, 0.2) is 0 Å². The van der Waals surface area contributed by atoms with Crippen molar-refractivity contribution in [2.24, 2.45) is 0 Å². The summed E-state index contributed by atoms with van der Waals surface area (Å²) in [6.45, 7) is 5.09. The number of aliphatic hydroxyl groups is 1. The van der Waals surface area contributed by atoms with E-state index in [9.17, 15) is 9.90 Å². The van der Waals surface area contributed by atoms with Gasteiger partial charge in [0.2, 0.25) is 0 Å². The van der Waals surface area contributed by atoms with Crippen LogP contribution in [0.4, 0.5) is 0 Å². The maximum Gasteiger partial charge on any atom is 0.335 e. The molecule has 1 N–H and O–H groups in total. The largest absolute Gasteiger partial charge is 0.423 e. The summed E-state index contributed by atoms with van der Waals surface area (Å²) < 4.78 is 5.41. The van der Waals surface area contributed by atoms with Gasteiger partial charge in [0.1, 0.15) is 5.75 Å². The molecule has 1 atom stereocenters. The van der Waals surface area contributed by atoms with E-state index >= 15 is 0 Å². The number of rotatable bonds is 3. The normalized spacial score (nSPS) is 13.2. The molecule has 1 aliphatic rings. The first-order chi connectivity index (χ1) is 10.1. The summed E-state index contributed by atoms with van der Waals surface area (Å²) in [5, 5.41) is 9.92. The SMILES string of the molecule is C=CC(=O)Oc1c(C(C)O)ccc2c1Cc1ccccc1-2. The minimum atomic E-state index is -0.702. The molecule has 0 spiro atoms. The lowest BCUT2D eigenvalue weighted by atomic mass is 9.99. The van der Waals surface area contributed by atoms with Gasteiger partial charge in [0.25, 0.3) is 0 Å². The standard InChI is InChI=1S/C18H16O3/c1-3-17(20)21-18-13(11(2)19)8-9-15-14-7-5-4-6-12(14)10-16(15)18/h3-9,11,19H,1,10H2,2H3. The molecule has 0 aliphatic heterocycles. The van der Waals surface area contributed by atoms with Crippen LogP contribution in [0.2, 0.25) is 0 Å². The van der Waals surface area contributed by atoms with Crippen LogP contribution in [0.15, 0.2) is 49.1 Å². The second-order valence-corrected chi connectivity index (χ2v) is 5.15. The first-order valence-electron chi connectivity index (χ1n) is 6.88. The first kappa shape index (κ1) is 13.6. The molecule has 0 fully saturated rings. The molecule has 3 heteroatoms. The van der Waals surface area contributed by atoms with Crippen molar-refractivity contribution in [1.82, 2.24) is 0 Å². The van der Waals surface area contributed by atoms with Crippen molar-refractivity contribution >= 4 is 5.97 Å². The summed E-state index contributed by atoms with van der Waals surface area (Å²) in [5.74, 6) is -0.0511. The highest BCUT2D eigenvalue weighted by atomic mass is 16.5. The summed E-state index contributed by atoms with van der Waals surface area (Å²) >= 11 is 0. The number of fused-ring (bicyclic) bond motifs is 3. The number of benzene rings is 2. The highest BCUT2D eigenvalue weighted by Gasteiger charge is 2.25. The number of hydrogen-bond donors (Lipinski definition) is 1. The third-order valence-electron chi connectivity index (χ3n) is 3.79. The number of hydrogen-bond acceptors (Lipinski definition) is 3. The highest BCUT2D eigenvalue weighted by molar-refractivity contribution is 5.86. The molecule has 0 saturated heterocycles. The van der Waals surface area contributed by atoms with Crippen LogP contribution in [-0.4, -0.2) is 11.1 Å². The third kappa shape index (κ3) is 2.26. The van der Waals surface area contributed by atoms with E-state index < -0.39 is 12.1 Å². The Morgan fingerprint density at radius 3 is 2.76 bits per heavy atom. The maximum atomic E-state index is 11.6. The van der Waals surface area contributed by atoms with Crippen LogP contribution in [0.25, 0.3) is 11.1 Å². The zero-order chi connectivity index (χ0) is 15.0. The van der Waals surface area contributed by atoms with Gasteiger partial charge >= 0.3 is 5.97 Å². The van der Waals surface area contributed by atoms with E-state index in [0.717, 1.165) is 22.8 Å². The quantitative estimate of drug-likeness (QED) is 0.454. The van der Waals surface area contributed by atoms with Crippen LogP contribution < -0.4 is 4.74 Å². The Kier molecular flexibility index (Phi) is 3.35. The van der Waals surface area contributed by atoms with Gasteiger partial charge in [-0.1, -0.05) is 43.0 Å². The summed E-state index contributed by atoms with van der Waals surface area (Å²) in [7, 11) is 0. The molecular weight excluding hydrogens is 264 g/mol. The summed E-state index contributed by atoms with van der Waals surface area (Å²) in [4.78, 5) is 11.6. The van der Waals surface area contributed by atoms with Crippen molar-refractivity contribution in [3.05, 3.63) is 65.7 Å². The zero-order valence-electron chi connectivity index (χ0n) is 11.8. The Morgan fingerprint density at radius 2 is 2.05 bits per heavy atom. The van der Waals surface area contributed by atoms with Gasteiger partial charge in [-0.2, -0.15) is 0 Å². The van der Waals surface area contributed by atoms with Gasteiger partial charge in [-0.05, 0) is 23.6 Å². The molecule has 1 unspecified atom stereocenters. The van der Waals surface area contributed by atoms with E-state index in [1.807, 2.05) is 24.3 Å². The van der Waals surface area contributed by atoms with Gasteiger partial charge in [-0.3, -0.25) is 0 Å². The van der Waals surface area contributed by atoms with E-state index in [4.69, 9.17) is 4.74 Å². The van der Waals surface area contributed by atoms with Crippen molar-refractivity contribution in [3.63, 3.8) is 0 Å². The van der Waals surface area contributed by atoms with Crippen LogP contribution in [0, 0.1) is 0 Å². The molecule has 0 bridgehead atoms. The van der Waals surface area contributed by atoms with Crippen LogP contribution in [0.5, 0.6) is 5.75 Å². The van der Waals surface area contributed by atoms with E-state index in [2.05, 4.69) is 18.7 Å². The van der Waals surface area contributed by atoms with Gasteiger partial charge < -0.3 is 9.84 Å². The summed E-state index contributed by atoms with van der Waals surface area (Å²) in [6, 6.07) is 11.9. The molecule has 0 amide bonds. The fourth-order valence-corrected chi connectivity index (χ4v) is 2.79. The van der Waals surface area contributed by atoms with Crippen molar-refractivity contribution in [3.8, 4) is 16.9 Å². The molecule has 3 rings (SSSR count). The number of carbonyl (C=O) groups is 1. The first-order valence-corrected chi connectivity index (χ1v) is 6.88. The Balaban J connectivity index is 2.17. The lowest BCUT2D eigenvalue weighted by molar-refractivity contribution is -0.129. The third-order valence-corrected chi connectivity index (χ3v) is 3.79. The van der Waals surface area contributed by atoms with Gasteiger partial charge in [-0.15, -0.1) is 0 Å². The lowest BCUT2D eigenvalue weighted by Crippen LogP contribution is -2.09. The molecule has 106 valence electrons. The van der Waals surface area contributed by atoms with Crippen LogP contribution >= 0.6 is 0 Å². The topological polar surface area (TPSA) is 46.5 Å². The number of carbonyl (C=O) groups excluding carboxylic acids is 1. The van der Waals surface area contributed by atoms with Crippen molar-refractivity contribution in [2.45, 2.75) is 19.4 Å². The van der Waals surface area contributed by atoms with E-state index in [-0.39, 0.29) is 0 Å². The lowest BCUT2D eigenvalue weighted by Gasteiger charge is -2.15. The minimum Gasteiger partial charge on any atom is -0.423 e. The van der Waals surface area contributed by atoms with Crippen LogP contribution in [-0.2, 0) is 11.2 Å². The van der Waals surface area contributed by atoms with Gasteiger partial charge in [-0.25, -0.2) is 4.79 Å². The molecule has 21 heavy (non-hydrogen) atoms. The molecular formula is C18H16O3. The Labute approximate surface area is 123 Å². The Morgan fingerprint density at radius 1 is 1.29 bits per heavy atom. The zero-order valence-corrected chi connectivity index (χ0v) is 11.8. The van der Waals surface area contributed by atoms with Crippen molar-refractivity contribution < 1.29 is 14.6 Å². The van der Waals surface area contributed by atoms with Gasteiger partial charge in [0.05, 0.1) is 6.10 Å². The number of esters is 1. The summed E-state index contributed by atoms with van der Waals surface area (Å²) in [5.41, 5.74) is 4.98. The molecule has 2 aromatic carbocycles. The second kappa shape index (κ2) is 5.19. The number of ether oxygens (including phenoxy) is 1. The molecule has 0 radical (unpaired) electrons. The molecule has 0 heterocycles.